The average Bonchev–Trinajstić information content (AvgIpc) is 3.03. The van der Waals surface area contributed by atoms with Crippen molar-refractivity contribution in [1.29, 1.82) is 0 Å². The predicted octanol–water partition coefficient (Wildman–Crippen LogP) is 13.0. The second kappa shape index (κ2) is 27.8. The number of nitrogens with zero attached hydrogens (tertiary/aromatic N) is 2. The van der Waals surface area contributed by atoms with Crippen LogP contribution in [0.4, 0.5) is 0 Å². The summed E-state index contributed by atoms with van der Waals surface area (Å²) in [4.78, 5) is 6.63. The van der Waals surface area contributed by atoms with E-state index in [4.69, 9.17) is 0 Å². The first-order valence-electron chi connectivity index (χ1n) is 16.0. The smallest absolute Gasteiger partial charge is 0.0346 e. The Hall–Kier alpha value is -3.75. The molecule has 248 valence electrons. The van der Waals surface area contributed by atoms with E-state index in [1.54, 1.807) is 0 Å². The highest BCUT2D eigenvalue weighted by molar-refractivity contribution is 5.81. The maximum atomic E-state index is 4.45. The average molecular weight is 611 g/mol. The third kappa shape index (κ3) is 20.8. The van der Waals surface area contributed by atoms with Crippen molar-refractivity contribution >= 4 is 5.57 Å². The van der Waals surface area contributed by atoms with Gasteiger partial charge in [-0.2, -0.15) is 0 Å². The molecule has 1 heterocycles. The van der Waals surface area contributed by atoms with Crippen LogP contribution in [0, 0.1) is 6.92 Å². The van der Waals surface area contributed by atoms with E-state index in [2.05, 4.69) is 125 Å². The maximum Gasteiger partial charge on any atom is 0.0346 e. The van der Waals surface area contributed by atoms with E-state index in [0.29, 0.717) is 0 Å². The summed E-state index contributed by atoms with van der Waals surface area (Å²) in [6.07, 6.45) is 12.1. The fourth-order valence-corrected chi connectivity index (χ4v) is 3.75. The molecular formula is C43H66N2. The minimum absolute atomic E-state index is 0. The van der Waals surface area contributed by atoms with Crippen LogP contribution in [0.2, 0.25) is 0 Å². The van der Waals surface area contributed by atoms with Crippen LogP contribution >= 0.6 is 0 Å². The van der Waals surface area contributed by atoms with Gasteiger partial charge in [0.1, 0.15) is 0 Å². The fraction of sp³-hybridized carbons (Fsp3) is 0.372. The van der Waals surface area contributed by atoms with E-state index in [9.17, 15) is 0 Å². The SMILES string of the molecule is C.C=C(C)/C=C\C(C)=C/C.C=C(C)C(=C)c1cc(-c2cncc(Cc3ccccc3)c2)ccc1C.CC.CC.CCCN(C)C. The van der Waals surface area contributed by atoms with Crippen molar-refractivity contribution in [2.45, 2.75) is 89.5 Å². The molecule has 3 rings (SSSR count). The van der Waals surface area contributed by atoms with Gasteiger partial charge in [0.2, 0.25) is 0 Å². The summed E-state index contributed by atoms with van der Waals surface area (Å²) in [5.74, 6) is 0. The summed E-state index contributed by atoms with van der Waals surface area (Å²) >= 11 is 0. The normalized spacial score (nSPS) is 9.93. The molecule has 0 aliphatic rings. The molecule has 1 aromatic heterocycles. The minimum atomic E-state index is 0. The van der Waals surface area contributed by atoms with Crippen LogP contribution < -0.4 is 0 Å². The quantitative estimate of drug-likeness (QED) is 0.224. The second-order valence-corrected chi connectivity index (χ2v) is 10.5. The number of pyridine rings is 1. The maximum absolute atomic E-state index is 4.45. The largest absolute Gasteiger partial charge is 0.309 e. The number of aryl methyl sites for hydroxylation is 1. The second-order valence-electron chi connectivity index (χ2n) is 10.5. The van der Waals surface area contributed by atoms with Crippen molar-refractivity contribution in [3.63, 3.8) is 0 Å². The summed E-state index contributed by atoms with van der Waals surface area (Å²) < 4.78 is 0. The van der Waals surface area contributed by atoms with Gasteiger partial charge in [-0.05, 0) is 114 Å². The summed E-state index contributed by atoms with van der Waals surface area (Å²) in [5.41, 5.74) is 11.5. The molecule has 0 spiro atoms. The molecule has 2 aromatic carbocycles. The molecule has 0 N–H and O–H groups in total. The third-order valence-corrected chi connectivity index (χ3v) is 6.21. The molecule has 0 saturated carbocycles. The van der Waals surface area contributed by atoms with Gasteiger partial charge in [-0.25, -0.2) is 0 Å². The molecule has 0 fully saturated rings. The van der Waals surface area contributed by atoms with Gasteiger partial charge in [0.05, 0.1) is 0 Å². The Morgan fingerprint density at radius 2 is 1.40 bits per heavy atom. The van der Waals surface area contributed by atoms with Gasteiger partial charge in [0.25, 0.3) is 0 Å². The Kier molecular flexibility index (Phi) is 28.2. The van der Waals surface area contributed by atoms with Crippen LogP contribution in [-0.4, -0.2) is 30.5 Å². The van der Waals surface area contributed by atoms with Crippen LogP contribution in [0.3, 0.4) is 0 Å². The molecule has 0 saturated heterocycles. The molecule has 45 heavy (non-hydrogen) atoms. The van der Waals surface area contributed by atoms with Crippen LogP contribution in [0.15, 0.2) is 122 Å². The lowest BCUT2D eigenvalue weighted by atomic mass is 9.93. The van der Waals surface area contributed by atoms with E-state index in [-0.39, 0.29) is 7.43 Å². The van der Waals surface area contributed by atoms with Gasteiger partial charge in [0.15, 0.2) is 0 Å². The molecule has 0 amide bonds. The highest BCUT2D eigenvalue weighted by Gasteiger charge is 2.08. The van der Waals surface area contributed by atoms with Crippen LogP contribution in [-0.2, 0) is 6.42 Å². The van der Waals surface area contributed by atoms with Crippen molar-refractivity contribution in [1.82, 2.24) is 9.88 Å². The summed E-state index contributed by atoms with van der Waals surface area (Å²) in [7, 11) is 4.17. The van der Waals surface area contributed by atoms with Crippen molar-refractivity contribution in [2.75, 3.05) is 20.6 Å². The first-order valence-corrected chi connectivity index (χ1v) is 16.0. The zero-order valence-electron chi connectivity index (χ0n) is 30.2. The van der Waals surface area contributed by atoms with E-state index < -0.39 is 0 Å². The standard InChI is InChI=1S/C24H23N.C9H14.C5H13N.2C2H6.CH4/c1-17(2)19(4)24-14-22(11-10-18(24)3)23-13-21(15-25-16-23)12-20-8-6-5-7-9-20;1-5-9(4)7-6-8(2)3;1-4-5-6(2)3;2*1-2;/h5-11,13-16H,1,4,12H2,2-3H3;5-7H,2H2,1,3-4H3;4-5H2,1-3H3;2*1-2H3;1H4/b;7-6-,9-5-;;;;. The Balaban J connectivity index is -0.000000734. The topological polar surface area (TPSA) is 16.1 Å². The van der Waals surface area contributed by atoms with Crippen molar-refractivity contribution in [3.05, 3.63) is 144 Å². The summed E-state index contributed by atoms with van der Waals surface area (Å²) in [6.45, 7) is 33.5. The van der Waals surface area contributed by atoms with Crippen LogP contribution in [0.5, 0.6) is 0 Å². The van der Waals surface area contributed by atoms with Crippen LogP contribution in [0.25, 0.3) is 16.7 Å². The summed E-state index contributed by atoms with van der Waals surface area (Å²) in [5, 5.41) is 0. The zero-order chi connectivity index (χ0) is 34.1. The number of aromatic nitrogens is 1. The number of hydrogen-bond donors (Lipinski definition) is 0. The van der Waals surface area contributed by atoms with Gasteiger partial charge in [0, 0.05) is 18.0 Å². The lowest BCUT2D eigenvalue weighted by Crippen LogP contribution is -2.11. The lowest BCUT2D eigenvalue weighted by Gasteiger charge is -2.12. The van der Waals surface area contributed by atoms with Crippen molar-refractivity contribution in [3.8, 4) is 11.1 Å². The van der Waals surface area contributed by atoms with Gasteiger partial charge in [-0.1, -0.05) is 139 Å². The molecule has 0 aliphatic carbocycles. The number of allylic oxidation sites excluding steroid dienone is 7. The first kappa shape index (κ1) is 45.7. The van der Waals surface area contributed by atoms with E-state index in [0.717, 1.165) is 39.8 Å². The molecule has 0 bridgehead atoms. The zero-order valence-corrected chi connectivity index (χ0v) is 30.2. The van der Waals surface area contributed by atoms with Crippen molar-refractivity contribution in [2.24, 2.45) is 0 Å². The van der Waals surface area contributed by atoms with Gasteiger partial charge in [-0.3, -0.25) is 4.98 Å². The Morgan fingerprint density at radius 1 is 0.800 bits per heavy atom. The minimum Gasteiger partial charge on any atom is -0.309 e. The molecular weight excluding hydrogens is 544 g/mol. The lowest BCUT2D eigenvalue weighted by molar-refractivity contribution is 0.408. The Morgan fingerprint density at radius 3 is 1.87 bits per heavy atom. The van der Waals surface area contributed by atoms with E-state index in [1.807, 2.05) is 73.0 Å². The monoisotopic (exact) mass is 611 g/mol. The Bertz CT molecular complexity index is 1290. The van der Waals surface area contributed by atoms with Crippen LogP contribution in [0.1, 0.15) is 98.4 Å². The summed E-state index contributed by atoms with van der Waals surface area (Å²) in [6, 6.07) is 19.2. The molecule has 2 nitrogen and oxygen atoms in total. The van der Waals surface area contributed by atoms with Gasteiger partial charge in [-0.15, -0.1) is 0 Å². The molecule has 0 radical (unpaired) electrons. The molecule has 0 atom stereocenters. The van der Waals surface area contributed by atoms with Gasteiger partial charge < -0.3 is 4.90 Å². The third-order valence-electron chi connectivity index (χ3n) is 6.21. The number of benzene rings is 2. The highest BCUT2D eigenvalue weighted by atomic mass is 15.0. The van der Waals surface area contributed by atoms with Gasteiger partial charge >= 0.3 is 0 Å². The van der Waals surface area contributed by atoms with E-state index in [1.165, 1.54) is 35.2 Å². The first-order chi connectivity index (χ1) is 21.0. The highest BCUT2D eigenvalue weighted by Crippen LogP contribution is 2.29. The van der Waals surface area contributed by atoms with E-state index >= 15 is 0 Å². The number of rotatable bonds is 9. The Labute approximate surface area is 280 Å². The fourth-order valence-electron chi connectivity index (χ4n) is 3.75. The predicted molar refractivity (Wildman–Crippen MR) is 209 cm³/mol. The molecule has 0 aliphatic heterocycles. The molecule has 0 unspecified atom stereocenters. The molecule has 2 heteroatoms. The molecule has 3 aromatic rings. The number of hydrogen-bond acceptors (Lipinski definition) is 2. The van der Waals surface area contributed by atoms with Crippen molar-refractivity contribution < 1.29 is 0 Å².